The van der Waals surface area contributed by atoms with Crippen LogP contribution in [0.3, 0.4) is 0 Å². The van der Waals surface area contributed by atoms with Crippen molar-refractivity contribution in [3.05, 3.63) is 18.1 Å². The third-order valence-corrected chi connectivity index (χ3v) is 3.37. The molecule has 102 valence electrons. The van der Waals surface area contributed by atoms with Crippen molar-refractivity contribution in [1.29, 1.82) is 0 Å². The average molecular weight is 266 g/mol. The highest BCUT2D eigenvalue weighted by molar-refractivity contribution is 5.87. The van der Waals surface area contributed by atoms with E-state index in [0.717, 1.165) is 0 Å². The highest BCUT2D eigenvalue weighted by Gasteiger charge is 2.44. The summed E-state index contributed by atoms with van der Waals surface area (Å²) in [6.07, 6.45) is -0.933. The molecule has 0 aliphatic carbocycles. The van der Waals surface area contributed by atoms with E-state index >= 15 is 0 Å². The van der Waals surface area contributed by atoms with Crippen LogP contribution in [0.4, 0.5) is 5.82 Å². The predicted octanol–water partition coefficient (Wildman–Crippen LogP) is -1.31. The van der Waals surface area contributed by atoms with Crippen molar-refractivity contribution >= 4 is 16.9 Å². The largest absolute Gasteiger partial charge is 0.394 e. The summed E-state index contributed by atoms with van der Waals surface area (Å²) < 4.78 is 5.46. The summed E-state index contributed by atoms with van der Waals surface area (Å²) in [5, 5.41) is 28.8. The number of anilines is 1. The second-order valence-corrected chi connectivity index (χ2v) is 4.49. The van der Waals surface area contributed by atoms with Crippen LogP contribution in [0.1, 0.15) is 11.7 Å². The number of aromatic amines is 1. The molecule has 0 bridgehead atoms. The van der Waals surface area contributed by atoms with Crippen molar-refractivity contribution in [2.75, 3.05) is 12.3 Å². The molecule has 1 fully saturated rings. The Hall–Kier alpha value is -1.74. The first-order valence-electron chi connectivity index (χ1n) is 5.83. The van der Waals surface area contributed by atoms with Crippen LogP contribution in [-0.4, -0.2) is 55.2 Å². The van der Waals surface area contributed by atoms with Gasteiger partial charge >= 0.3 is 0 Å². The summed E-state index contributed by atoms with van der Waals surface area (Å²) in [6.45, 7) is -0.367. The summed E-state index contributed by atoms with van der Waals surface area (Å²) in [4.78, 5) is 10.9. The number of nitrogen functional groups attached to an aromatic ring is 1. The number of nitrogens with one attached hydrogen (secondary N) is 1. The van der Waals surface area contributed by atoms with Gasteiger partial charge in [-0.2, -0.15) is 0 Å². The number of H-pyrrole nitrogens is 1. The fourth-order valence-corrected chi connectivity index (χ4v) is 2.35. The topological polar surface area (TPSA) is 138 Å². The molecule has 0 aromatic carbocycles. The number of aliphatic hydroxyl groups excluding tert-OH is 3. The number of aromatic nitrogens is 3. The molecule has 1 aliphatic rings. The zero-order chi connectivity index (χ0) is 13.6. The van der Waals surface area contributed by atoms with E-state index in [-0.39, 0.29) is 6.61 Å². The Kier molecular flexibility index (Phi) is 2.86. The summed E-state index contributed by atoms with van der Waals surface area (Å²) in [7, 11) is 0. The Bertz CT molecular complexity index is 601. The van der Waals surface area contributed by atoms with Gasteiger partial charge < -0.3 is 30.8 Å². The average Bonchev–Trinajstić information content (AvgIpc) is 2.94. The lowest BCUT2D eigenvalue weighted by atomic mass is 10.0. The van der Waals surface area contributed by atoms with Gasteiger partial charge in [0.1, 0.15) is 36.3 Å². The molecule has 8 heteroatoms. The van der Waals surface area contributed by atoms with Gasteiger partial charge in [0, 0.05) is 11.8 Å². The molecule has 8 nitrogen and oxygen atoms in total. The van der Waals surface area contributed by atoms with Crippen LogP contribution in [0, 0.1) is 0 Å². The molecule has 6 N–H and O–H groups in total. The molecule has 3 rings (SSSR count). The van der Waals surface area contributed by atoms with Crippen molar-refractivity contribution in [1.82, 2.24) is 15.0 Å². The lowest BCUT2D eigenvalue weighted by molar-refractivity contribution is -0.0224. The Balaban J connectivity index is 2.04. The number of aliphatic hydroxyl groups is 3. The number of hydrogen-bond acceptors (Lipinski definition) is 7. The fourth-order valence-electron chi connectivity index (χ4n) is 2.35. The van der Waals surface area contributed by atoms with Gasteiger partial charge in [-0.3, -0.25) is 0 Å². The van der Waals surface area contributed by atoms with Crippen molar-refractivity contribution in [3.63, 3.8) is 0 Å². The molecular formula is C11H14N4O4. The van der Waals surface area contributed by atoms with Crippen LogP contribution < -0.4 is 5.73 Å². The number of rotatable bonds is 2. The van der Waals surface area contributed by atoms with Crippen LogP contribution >= 0.6 is 0 Å². The zero-order valence-electron chi connectivity index (χ0n) is 9.89. The Morgan fingerprint density at radius 2 is 2.11 bits per heavy atom. The van der Waals surface area contributed by atoms with Gasteiger partial charge in [0.15, 0.2) is 5.82 Å². The summed E-state index contributed by atoms with van der Waals surface area (Å²) >= 11 is 0. The number of nitrogens with zero attached hydrogens (tertiary/aromatic N) is 2. The van der Waals surface area contributed by atoms with Gasteiger partial charge in [-0.1, -0.05) is 0 Å². The van der Waals surface area contributed by atoms with E-state index in [1.54, 1.807) is 6.20 Å². The third-order valence-electron chi connectivity index (χ3n) is 3.37. The van der Waals surface area contributed by atoms with E-state index in [0.29, 0.717) is 22.4 Å². The molecule has 0 spiro atoms. The minimum absolute atomic E-state index is 0.294. The van der Waals surface area contributed by atoms with Gasteiger partial charge in [-0.25, -0.2) is 9.97 Å². The maximum absolute atomic E-state index is 9.98. The fraction of sp³-hybridized carbons (Fsp3) is 0.455. The minimum atomic E-state index is -1.14. The number of fused-ring (bicyclic) bond motifs is 1. The first kappa shape index (κ1) is 12.3. The third kappa shape index (κ3) is 1.77. The zero-order valence-corrected chi connectivity index (χ0v) is 9.89. The Morgan fingerprint density at radius 3 is 2.79 bits per heavy atom. The monoisotopic (exact) mass is 266 g/mol. The normalized spacial score (nSPS) is 31.1. The lowest BCUT2D eigenvalue weighted by Crippen LogP contribution is -2.32. The van der Waals surface area contributed by atoms with Gasteiger partial charge in [0.25, 0.3) is 0 Å². The predicted molar refractivity (Wildman–Crippen MR) is 65.0 cm³/mol. The van der Waals surface area contributed by atoms with E-state index < -0.39 is 24.4 Å². The van der Waals surface area contributed by atoms with E-state index in [1.807, 2.05) is 0 Å². The number of ether oxygens (including phenoxy) is 1. The first-order chi connectivity index (χ1) is 9.13. The van der Waals surface area contributed by atoms with Crippen LogP contribution in [-0.2, 0) is 4.74 Å². The maximum Gasteiger partial charge on any atom is 0.151 e. The molecule has 0 amide bonds. The van der Waals surface area contributed by atoms with Crippen molar-refractivity contribution in [2.24, 2.45) is 0 Å². The smallest absolute Gasteiger partial charge is 0.151 e. The quantitative estimate of drug-likeness (QED) is 0.455. The molecule has 2 aromatic heterocycles. The Labute approximate surface area is 107 Å². The van der Waals surface area contributed by atoms with Gasteiger partial charge in [-0.05, 0) is 0 Å². The van der Waals surface area contributed by atoms with E-state index in [2.05, 4.69) is 15.0 Å². The highest BCUT2D eigenvalue weighted by Crippen LogP contribution is 2.36. The molecule has 0 radical (unpaired) electrons. The molecule has 2 aromatic rings. The molecule has 19 heavy (non-hydrogen) atoms. The number of nitrogens with two attached hydrogens (primary N) is 1. The summed E-state index contributed by atoms with van der Waals surface area (Å²) in [5.41, 5.74) is 7.37. The van der Waals surface area contributed by atoms with Gasteiger partial charge in [0.2, 0.25) is 0 Å². The van der Waals surface area contributed by atoms with Crippen LogP contribution in [0.5, 0.6) is 0 Å². The standard InChI is InChI=1S/C11H14N4O4/c12-11-7-6(14-3-15-11)4(1-13-7)10-9(18)8(17)5(2-16)19-10/h1,3,5,8-10,13,16-18H,2H2,(H2,12,14,15)/t5-,8-,9+,10+/m0/s1. The van der Waals surface area contributed by atoms with Gasteiger partial charge in [-0.15, -0.1) is 0 Å². The highest BCUT2D eigenvalue weighted by atomic mass is 16.6. The number of hydrogen-bond donors (Lipinski definition) is 5. The molecule has 3 heterocycles. The maximum atomic E-state index is 9.98. The summed E-state index contributed by atoms with van der Waals surface area (Å²) in [6, 6.07) is 0. The minimum Gasteiger partial charge on any atom is -0.394 e. The van der Waals surface area contributed by atoms with Crippen molar-refractivity contribution in [3.8, 4) is 0 Å². The van der Waals surface area contributed by atoms with Crippen molar-refractivity contribution in [2.45, 2.75) is 24.4 Å². The Morgan fingerprint density at radius 1 is 1.32 bits per heavy atom. The SMILES string of the molecule is Nc1ncnc2c([C@H]3O[C@@H](CO)[C@H](O)[C@H]3O)c[nH]c12. The molecule has 0 unspecified atom stereocenters. The molecule has 4 atom stereocenters. The molecule has 0 saturated carbocycles. The molecular weight excluding hydrogens is 252 g/mol. The van der Waals surface area contributed by atoms with Crippen molar-refractivity contribution < 1.29 is 20.1 Å². The molecule has 1 aliphatic heterocycles. The van der Waals surface area contributed by atoms with Crippen LogP contribution in [0.15, 0.2) is 12.5 Å². The van der Waals surface area contributed by atoms with Gasteiger partial charge in [0.05, 0.1) is 12.1 Å². The molecule has 1 saturated heterocycles. The van der Waals surface area contributed by atoms with Crippen LogP contribution in [0.2, 0.25) is 0 Å². The second-order valence-electron chi connectivity index (χ2n) is 4.49. The van der Waals surface area contributed by atoms with E-state index in [4.69, 9.17) is 15.6 Å². The first-order valence-corrected chi connectivity index (χ1v) is 5.83. The second kappa shape index (κ2) is 4.42. The van der Waals surface area contributed by atoms with Crippen LogP contribution in [0.25, 0.3) is 11.0 Å². The summed E-state index contributed by atoms with van der Waals surface area (Å²) in [5.74, 6) is 0.294. The van der Waals surface area contributed by atoms with E-state index in [1.165, 1.54) is 6.33 Å². The lowest BCUT2D eigenvalue weighted by Gasteiger charge is -2.13. The van der Waals surface area contributed by atoms with E-state index in [9.17, 15) is 10.2 Å².